The highest BCUT2D eigenvalue weighted by atomic mass is 16.4. The van der Waals surface area contributed by atoms with Gasteiger partial charge in [0.15, 0.2) is 11.3 Å². The Kier molecular flexibility index (Phi) is 3.27. The number of nitrogens with one attached hydrogen (secondary N) is 1. The average Bonchev–Trinajstić information content (AvgIpc) is 2.85. The standard InChI is InChI=1S/C13H16N4O3/c18-10-4-2-1-3-8(10)14-11-5-6-17-12(15-11)7-9(16-17)13(19)20/h5-8,10,18H,1-4H2,(H,14,15)(H,19,20)/t8-,10-/m1/s1. The number of carbonyl (C=O) groups is 1. The number of aliphatic hydroxyl groups excluding tert-OH is 1. The predicted octanol–water partition coefficient (Wildman–Crippen LogP) is 1.14. The van der Waals surface area contributed by atoms with Crippen LogP contribution >= 0.6 is 0 Å². The summed E-state index contributed by atoms with van der Waals surface area (Å²) in [5.74, 6) is -0.451. The molecule has 2 heterocycles. The zero-order valence-electron chi connectivity index (χ0n) is 10.9. The van der Waals surface area contributed by atoms with Crippen LogP contribution in [0, 0.1) is 0 Å². The molecule has 1 aliphatic rings. The van der Waals surface area contributed by atoms with E-state index in [0.717, 1.165) is 25.7 Å². The van der Waals surface area contributed by atoms with Gasteiger partial charge in [-0.1, -0.05) is 12.8 Å². The minimum Gasteiger partial charge on any atom is -0.476 e. The van der Waals surface area contributed by atoms with E-state index in [1.807, 2.05) is 0 Å². The number of aromatic carboxylic acids is 1. The molecule has 0 amide bonds. The van der Waals surface area contributed by atoms with Gasteiger partial charge in [-0.15, -0.1) is 0 Å². The number of rotatable bonds is 3. The van der Waals surface area contributed by atoms with Crippen LogP contribution in [-0.2, 0) is 0 Å². The molecule has 7 heteroatoms. The van der Waals surface area contributed by atoms with Crippen LogP contribution in [-0.4, -0.2) is 42.9 Å². The number of carboxylic acids is 1. The molecule has 2 atom stereocenters. The summed E-state index contributed by atoms with van der Waals surface area (Å²) in [7, 11) is 0. The lowest BCUT2D eigenvalue weighted by molar-refractivity contribution is 0.0690. The van der Waals surface area contributed by atoms with Crippen LogP contribution in [0.25, 0.3) is 5.65 Å². The Bertz CT molecular complexity index is 640. The highest BCUT2D eigenvalue weighted by Gasteiger charge is 2.23. The number of aromatic nitrogens is 3. The van der Waals surface area contributed by atoms with Gasteiger partial charge in [-0.3, -0.25) is 0 Å². The average molecular weight is 276 g/mol. The molecular formula is C13H16N4O3. The van der Waals surface area contributed by atoms with E-state index in [1.54, 1.807) is 12.3 Å². The molecule has 20 heavy (non-hydrogen) atoms. The summed E-state index contributed by atoms with van der Waals surface area (Å²) >= 11 is 0. The minimum atomic E-state index is -1.08. The molecule has 2 aromatic heterocycles. The van der Waals surface area contributed by atoms with Gasteiger partial charge < -0.3 is 15.5 Å². The lowest BCUT2D eigenvalue weighted by atomic mass is 9.93. The van der Waals surface area contributed by atoms with Crippen molar-refractivity contribution in [2.75, 3.05) is 5.32 Å². The molecule has 7 nitrogen and oxygen atoms in total. The Morgan fingerprint density at radius 2 is 2.20 bits per heavy atom. The van der Waals surface area contributed by atoms with Crippen LogP contribution in [0.2, 0.25) is 0 Å². The Hall–Kier alpha value is -2.15. The first kappa shape index (κ1) is 12.9. The molecule has 3 N–H and O–H groups in total. The van der Waals surface area contributed by atoms with E-state index >= 15 is 0 Å². The maximum Gasteiger partial charge on any atom is 0.356 e. The molecular weight excluding hydrogens is 260 g/mol. The van der Waals surface area contributed by atoms with Gasteiger partial charge in [0.05, 0.1) is 12.1 Å². The predicted molar refractivity (Wildman–Crippen MR) is 71.8 cm³/mol. The fraction of sp³-hybridized carbons (Fsp3) is 0.462. The van der Waals surface area contributed by atoms with Crippen LogP contribution in [0.5, 0.6) is 0 Å². The van der Waals surface area contributed by atoms with Crippen molar-refractivity contribution in [3.05, 3.63) is 24.0 Å². The summed E-state index contributed by atoms with van der Waals surface area (Å²) in [6.07, 6.45) is 5.15. The minimum absolute atomic E-state index is 0.000524. The van der Waals surface area contributed by atoms with Gasteiger partial charge in [0.25, 0.3) is 0 Å². The second kappa shape index (κ2) is 5.09. The Labute approximate surface area is 115 Å². The number of nitrogens with zero attached hydrogens (tertiary/aromatic N) is 3. The van der Waals surface area contributed by atoms with E-state index in [4.69, 9.17) is 5.11 Å². The first-order valence-corrected chi connectivity index (χ1v) is 6.68. The topological polar surface area (TPSA) is 99.8 Å². The van der Waals surface area contributed by atoms with E-state index < -0.39 is 5.97 Å². The molecule has 0 unspecified atom stereocenters. The fourth-order valence-corrected chi connectivity index (χ4v) is 2.53. The zero-order chi connectivity index (χ0) is 14.1. The molecule has 0 saturated heterocycles. The molecule has 1 aliphatic carbocycles. The molecule has 0 bridgehead atoms. The number of hydrogen-bond donors (Lipinski definition) is 3. The number of aliphatic hydroxyl groups is 1. The molecule has 0 spiro atoms. The summed E-state index contributed by atoms with van der Waals surface area (Å²) in [5.41, 5.74) is 0.435. The van der Waals surface area contributed by atoms with E-state index in [-0.39, 0.29) is 17.8 Å². The molecule has 106 valence electrons. The highest BCUT2D eigenvalue weighted by Crippen LogP contribution is 2.21. The van der Waals surface area contributed by atoms with Crippen molar-refractivity contribution in [1.82, 2.24) is 14.6 Å². The van der Waals surface area contributed by atoms with E-state index in [9.17, 15) is 9.90 Å². The van der Waals surface area contributed by atoms with Gasteiger partial charge in [-0.2, -0.15) is 5.10 Å². The Morgan fingerprint density at radius 1 is 1.40 bits per heavy atom. The van der Waals surface area contributed by atoms with Crippen LogP contribution in [0.4, 0.5) is 5.82 Å². The first-order chi connectivity index (χ1) is 9.63. The second-order valence-electron chi connectivity index (χ2n) is 5.05. The number of carboxylic acid groups (broad SMARTS) is 1. The quantitative estimate of drug-likeness (QED) is 0.777. The second-order valence-corrected chi connectivity index (χ2v) is 5.05. The van der Waals surface area contributed by atoms with Gasteiger partial charge in [-0.05, 0) is 18.9 Å². The zero-order valence-corrected chi connectivity index (χ0v) is 10.9. The highest BCUT2D eigenvalue weighted by molar-refractivity contribution is 5.86. The number of fused-ring (bicyclic) bond motifs is 1. The van der Waals surface area contributed by atoms with Crippen molar-refractivity contribution in [3.8, 4) is 0 Å². The van der Waals surface area contributed by atoms with E-state index in [2.05, 4.69) is 15.4 Å². The number of hydrogen-bond acceptors (Lipinski definition) is 5. The van der Waals surface area contributed by atoms with Crippen molar-refractivity contribution in [1.29, 1.82) is 0 Å². The molecule has 1 saturated carbocycles. The van der Waals surface area contributed by atoms with Crippen molar-refractivity contribution in [3.63, 3.8) is 0 Å². The smallest absolute Gasteiger partial charge is 0.356 e. The van der Waals surface area contributed by atoms with E-state index in [0.29, 0.717) is 11.5 Å². The summed E-state index contributed by atoms with van der Waals surface area (Å²) < 4.78 is 1.42. The number of anilines is 1. The third-order valence-corrected chi connectivity index (χ3v) is 3.61. The van der Waals surface area contributed by atoms with Gasteiger partial charge in [0, 0.05) is 12.3 Å². The Balaban J connectivity index is 1.83. The lowest BCUT2D eigenvalue weighted by Gasteiger charge is -2.28. The van der Waals surface area contributed by atoms with Crippen LogP contribution in [0.1, 0.15) is 36.2 Å². The Morgan fingerprint density at radius 3 is 2.95 bits per heavy atom. The molecule has 1 fully saturated rings. The molecule has 0 radical (unpaired) electrons. The van der Waals surface area contributed by atoms with Crippen LogP contribution in [0.15, 0.2) is 18.3 Å². The largest absolute Gasteiger partial charge is 0.476 e. The van der Waals surface area contributed by atoms with Crippen LogP contribution < -0.4 is 5.32 Å². The molecule has 3 rings (SSSR count). The molecule has 0 aromatic carbocycles. The van der Waals surface area contributed by atoms with Crippen molar-refractivity contribution >= 4 is 17.4 Å². The van der Waals surface area contributed by atoms with E-state index in [1.165, 1.54) is 10.6 Å². The van der Waals surface area contributed by atoms with Gasteiger partial charge in [-0.25, -0.2) is 14.3 Å². The molecule has 0 aliphatic heterocycles. The van der Waals surface area contributed by atoms with Gasteiger partial charge in [0.1, 0.15) is 5.82 Å². The van der Waals surface area contributed by atoms with Crippen molar-refractivity contribution < 1.29 is 15.0 Å². The molecule has 2 aromatic rings. The van der Waals surface area contributed by atoms with Crippen molar-refractivity contribution in [2.24, 2.45) is 0 Å². The SMILES string of the molecule is O=C(O)c1cc2nc(N[C@@H]3CCCC[C@H]3O)ccn2n1. The summed E-state index contributed by atoms with van der Waals surface area (Å²) in [6.45, 7) is 0. The fourth-order valence-electron chi connectivity index (χ4n) is 2.53. The summed E-state index contributed by atoms with van der Waals surface area (Å²) in [4.78, 5) is 15.2. The monoisotopic (exact) mass is 276 g/mol. The van der Waals surface area contributed by atoms with Crippen molar-refractivity contribution in [2.45, 2.75) is 37.8 Å². The third kappa shape index (κ3) is 2.44. The van der Waals surface area contributed by atoms with Gasteiger partial charge >= 0.3 is 5.97 Å². The normalized spacial score (nSPS) is 22.9. The first-order valence-electron chi connectivity index (χ1n) is 6.68. The third-order valence-electron chi connectivity index (χ3n) is 3.61. The maximum atomic E-state index is 10.9. The van der Waals surface area contributed by atoms with Gasteiger partial charge in [0.2, 0.25) is 0 Å². The summed E-state index contributed by atoms with van der Waals surface area (Å²) in [5, 5.41) is 25.9. The maximum absolute atomic E-state index is 10.9. The lowest BCUT2D eigenvalue weighted by Crippen LogP contribution is -2.36. The summed E-state index contributed by atoms with van der Waals surface area (Å²) in [6, 6.07) is 3.15. The van der Waals surface area contributed by atoms with Crippen LogP contribution in [0.3, 0.4) is 0 Å².